The van der Waals surface area contributed by atoms with Crippen molar-refractivity contribution in [2.45, 2.75) is 19.4 Å². The van der Waals surface area contributed by atoms with Gasteiger partial charge >= 0.3 is 6.18 Å². The van der Waals surface area contributed by atoms with Crippen molar-refractivity contribution in [1.82, 2.24) is 14.4 Å². The van der Waals surface area contributed by atoms with E-state index in [1.165, 1.54) is 10.6 Å². The Kier molecular flexibility index (Phi) is 3.79. The molecule has 2 aromatic heterocycles. The number of imidazole rings is 1. The summed E-state index contributed by atoms with van der Waals surface area (Å²) < 4.78 is 45.2. The predicted octanol–water partition coefficient (Wildman–Crippen LogP) is 2.54. The van der Waals surface area contributed by atoms with E-state index in [1.807, 2.05) is 0 Å². The maximum absolute atomic E-state index is 12.9. The Morgan fingerprint density at radius 2 is 2.21 bits per heavy atom. The Balaban J connectivity index is 2.65. The van der Waals surface area contributed by atoms with E-state index in [2.05, 4.69) is 25.9 Å². The van der Waals surface area contributed by atoms with Crippen LogP contribution in [0.3, 0.4) is 0 Å². The van der Waals surface area contributed by atoms with E-state index in [1.54, 1.807) is 6.92 Å². The second kappa shape index (κ2) is 5.06. The summed E-state index contributed by atoms with van der Waals surface area (Å²) in [6.07, 6.45) is -3.98. The van der Waals surface area contributed by atoms with Gasteiger partial charge in [0.1, 0.15) is 4.60 Å². The van der Waals surface area contributed by atoms with E-state index in [-0.39, 0.29) is 12.4 Å². The second-order valence-electron chi connectivity index (χ2n) is 3.60. The molecule has 0 spiro atoms. The van der Waals surface area contributed by atoms with Gasteiger partial charge in [-0.2, -0.15) is 13.2 Å². The molecule has 0 fully saturated rings. The highest BCUT2D eigenvalue weighted by molar-refractivity contribution is 9.10. The Bertz CT molecular complexity index is 599. The molecule has 0 aromatic carbocycles. The number of alkyl halides is 3. The number of aliphatic hydroxyl groups is 1. The number of ether oxygens (including phenoxy) is 1. The molecule has 0 aliphatic heterocycles. The van der Waals surface area contributed by atoms with Crippen molar-refractivity contribution in [3.63, 3.8) is 0 Å². The number of aliphatic hydroxyl groups excluding tert-OH is 1. The molecule has 1 atom stereocenters. The first-order valence-corrected chi connectivity index (χ1v) is 6.04. The molecule has 2 heterocycles. The van der Waals surface area contributed by atoms with Crippen LogP contribution in [-0.4, -0.2) is 26.1 Å². The lowest BCUT2D eigenvalue weighted by Gasteiger charge is -2.16. The lowest BCUT2D eigenvalue weighted by Crippen LogP contribution is -2.17. The largest absolute Gasteiger partial charge is 0.434 e. The highest BCUT2D eigenvalue weighted by atomic mass is 79.9. The van der Waals surface area contributed by atoms with Crippen LogP contribution in [0.25, 0.3) is 5.78 Å². The molecule has 2 aromatic rings. The predicted molar refractivity (Wildman–Crippen MR) is 62.3 cm³/mol. The van der Waals surface area contributed by atoms with Crippen LogP contribution >= 0.6 is 15.9 Å². The van der Waals surface area contributed by atoms with E-state index in [9.17, 15) is 18.3 Å². The minimum absolute atomic E-state index is 0.0710. The van der Waals surface area contributed by atoms with Crippen LogP contribution in [0.2, 0.25) is 0 Å². The summed E-state index contributed by atoms with van der Waals surface area (Å²) in [5.74, 6) is -0.119. The fourth-order valence-corrected chi connectivity index (χ4v) is 1.92. The second-order valence-corrected chi connectivity index (χ2v) is 4.41. The highest BCUT2D eigenvalue weighted by Crippen LogP contribution is 2.34. The van der Waals surface area contributed by atoms with E-state index >= 15 is 0 Å². The number of fused-ring (bicyclic) bond motifs is 1. The zero-order chi connectivity index (χ0) is 14.2. The smallest absolute Gasteiger partial charge is 0.364 e. The van der Waals surface area contributed by atoms with Crippen LogP contribution in [0.15, 0.2) is 17.0 Å². The fourth-order valence-electron chi connectivity index (χ4n) is 1.55. The number of nitrogens with zero attached hydrogens (tertiary/aromatic N) is 3. The number of aromatic nitrogens is 3. The van der Waals surface area contributed by atoms with E-state index in [0.29, 0.717) is 4.60 Å². The molecule has 0 bridgehead atoms. The molecule has 0 saturated carbocycles. The lowest BCUT2D eigenvalue weighted by molar-refractivity contribution is -0.150. The first kappa shape index (κ1) is 14.2. The molecule has 104 valence electrons. The molecule has 0 radical (unpaired) electrons. The molecule has 0 saturated heterocycles. The van der Waals surface area contributed by atoms with Crippen LogP contribution in [0.1, 0.15) is 24.5 Å². The van der Waals surface area contributed by atoms with Gasteiger partial charge < -0.3 is 9.84 Å². The van der Waals surface area contributed by atoms with Crippen molar-refractivity contribution in [2.24, 2.45) is 0 Å². The molecule has 9 heteroatoms. The molecule has 5 nitrogen and oxygen atoms in total. The number of rotatable bonds is 3. The van der Waals surface area contributed by atoms with Gasteiger partial charge in [-0.3, -0.25) is 4.40 Å². The summed E-state index contributed by atoms with van der Waals surface area (Å²) in [7, 11) is 0. The van der Waals surface area contributed by atoms with Gasteiger partial charge in [-0.1, -0.05) is 0 Å². The van der Waals surface area contributed by atoms with Crippen molar-refractivity contribution < 1.29 is 23.0 Å². The summed E-state index contributed by atoms with van der Waals surface area (Å²) in [6, 6.07) is 0. The summed E-state index contributed by atoms with van der Waals surface area (Å²) in [5.41, 5.74) is -1.67. The fraction of sp³-hybridized carbons (Fsp3) is 0.400. The molecule has 0 aliphatic carbocycles. The SMILES string of the molecule is CCOC(O)c1cn2c(Br)cnc2nc1C(F)(F)F. The molecule has 1 unspecified atom stereocenters. The number of halogens is 4. The molecule has 1 N–H and O–H groups in total. The van der Waals surface area contributed by atoms with Crippen molar-refractivity contribution in [1.29, 1.82) is 0 Å². The topological polar surface area (TPSA) is 59.7 Å². The Hall–Kier alpha value is -1.19. The average Bonchev–Trinajstić information content (AvgIpc) is 2.68. The molecular formula is C10H9BrF3N3O2. The molecule has 19 heavy (non-hydrogen) atoms. The summed E-state index contributed by atoms with van der Waals surface area (Å²) in [4.78, 5) is 7.15. The average molecular weight is 340 g/mol. The quantitative estimate of drug-likeness (QED) is 0.873. The first-order valence-electron chi connectivity index (χ1n) is 5.25. The Morgan fingerprint density at radius 3 is 2.79 bits per heavy atom. The van der Waals surface area contributed by atoms with E-state index < -0.39 is 23.7 Å². The van der Waals surface area contributed by atoms with Crippen LogP contribution in [0.5, 0.6) is 0 Å². The van der Waals surface area contributed by atoms with E-state index in [0.717, 1.165) is 6.20 Å². The third-order valence-corrected chi connectivity index (χ3v) is 2.93. The summed E-state index contributed by atoms with van der Waals surface area (Å²) in [6.45, 7) is 1.64. The van der Waals surface area contributed by atoms with Gasteiger partial charge in [-0.15, -0.1) is 0 Å². The first-order chi connectivity index (χ1) is 8.84. The summed E-state index contributed by atoms with van der Waals surface area (Å²) in [5, 5.41) is 9.64. The summed E-state index contributed by atoms with van der Waals surface area (Å²) >= 11 is 3.12. The van der Waals surface area contributed by atoms with E-state index in [4.69, 9.17) is 4.74 Å². The standard InChI is InChI=1S/C10H9BrF3N3O2/c1-2-19-8(18)5-4-17-6(11)3-15-9(17)16-7(5)10(12,13)14/h3-4,8,18H,2H2,1H3. The van der Waals surface area contributed by atoms with Gasteiger partial charge in [0.2, 0.25) is 5.78 Å². The number of hydrogen-bond donors (Lipinski definition) is 1. The van der Waals surface area contributed by atoms with Gasteiger partial charge in [0.15, 0.2) is 12.0 Å². The van der Waals surface area contributed by atoms with Crippen LogP contribution < -0.4 is 0 Å². The minimum Gasteiger partial charge on any atom is -0.364 e. The van der Waals surface area contributed by atoms with Gasteiger partial charge in [0, 0.05) is 12.8 Å². The minimum atomic E-state index is -4.70. The van der Waals surface area contributed by atoms with Crippen molar-refractivity contribution in [3.05, 3.63) is 28.3 Å². The zero-order valence-electron chi connectivity index (χ0n) is 9.65. The third-order valence-electron chi connectivity index (χ3n) is 2.34. The third kappa shape index (κ3) is 2.72. The monoisotopic (exact) mass is 339 g/mol. The van der Waals surface area contributed by atoms with Gasteiger partial charge in [-0.05, 0) is 22.9 Å². The molecule has 2 rings (SSSR count). The van der Waals surface area contributed by atoms with Crippen molar-refractivity contribution >= 4 is 21.7 Å². The van der Waals surface area contributed by atoms with Gasteiger partial charge in [0.25, 0.3) is 0 Å². The van der Waals surface area contributed by atoms with Gasteiger partial charge in [0.05, 0.1) is 11.8 Å². The molecule has 0 amide bonds. The highest BCUT2D eigenvalue weighted by Gasteiger charge is 2.38. The lowest BCUT2D eigenvalue weighted by atomic mass is 10.2. The molecular weight excluding hydrogens is 331 g/mol. The number of hydrogen-bond acceptors (Lipinski definition) is 4. The molecule has 0 aliphatic rings. The van der Waals surface area contributed by atoms with Crippen molar-refractivity contribution in [3.8, 4) is 0 Å². The normalized spacial score (nSPS) is 14.0. The van der Waals surface area contributed by atoms with Crippen LogP contribution in [-0.2, 0) is 10.9 Å². The van der Waals surface area contributed by atoms with Crippen LogP contribution in [0.4, 0.5) is 13.2 Å². The van der Waals surface area contributed by atoms with Crippen LogP contribution in [0, 0.1) is 0 Å². The maximum atomic E-state index is 12.9. The van der Waals surface area contributed by atoms with Crippen molar-refractivity contribution in [2.75, 3.05) is 6.61 Å². The Labute approximate surface area is 114 Å². The zero-order valence-corrected chi connectivity index (χ0v) is 11.2. The maximum Gasteiger partial charge on any atom is 0.434 e. The van der Waals surface area contributed by atoms with Gasteiger partial charge in [-0.25, -0.2) is 9.97 Å². The Morgan fingerprint density at radius 1 is 1.53 bits per heavy atom.